The van der Waals surface area contributed by atoms with Crippen LogP contribution in [0.15, 0.2) is 30.3 Å². The Bertz CT molecular complexity index is 554. The minimum atomic E-state index is -0.620. The topological polar surface area (TPSA) is 46.2 Å². The summed E-state index contributed by atoms with van der Waals surface area (Å²) in [5.74, 6) is -0.620. The van der Waals surface area contributed by atoms with Crippen LogP contribution in [0.1, 0.15) is 32.3 Å². The molecule has 0 bridgehead atoms. The van der Waals surface area contributed by atoms with E-state index >= 15 is 0 Å². The summed E-state index contributed by atoms with van der Waals surface area (Å²) in [6, 6.07) is 10.1. The first-order valence-electron chi connectivity index (χ1n) is 8.25. The maximum atomic E-state index is 6.19. The Morgan fingerprint density at radius 3 is 2.48 bits per heavy atom. The van der Waals surface area contributed by atoms with Gasteiger partial charge in [-0.25, -0.2) is 0 Å². The second-order valence-corrected chi connectivity index (χ2v) is 7.07. The summed E-state index contributed by atoms with van der Waals surface area (Å²) in [6.07, 6.45) is 0.968. The molecule has 23 heavy (non-hydrogen) atoms. The largest absolute Gasteiger partial charge is 0.365 e. The maximum absolute atomic E-state index is 6.19. The summed E-state index contributed by atoms with van der Waals surface area (Å²) >= 11 is 0. The van der Waals surface area contributed by atoms with Crippen molar-refractivity contribution >= 4 is 0 Å². The summed E-state index contributed by atoms with van der Waals surface area (Å²) in [5, 5.41) is 0. The van der Waals surface area contributed by atoms with Crippen LogP contribution in [0.3, 0.4) is 0 Å². The van der Waals surface area contributed by atoms with Crippen molar-refractivity contribution in [3.05, 3.63) is 35.9 Å². The van der Waals surface area contributed by atoms with Gasteiger partial charge in [0.25, 0.3) is 0 Å². The Morgan fingerprint density at radius 2 is 1.83 bits per heavy atom. The molecule has 2 heterocycles. The third-order valence-electron chi connectivity index (χ3n) is 4.85. The molecule has 1 aromatic carbocycles. The van der Waals surface area contributed by atoms with Gasteiger partial charge in [-0.1, -0.05) is 30.3 Å². The summed E-state index contributed by atoms with van der Waals surface area (Å²) in [6.45, 7) is 4.38. The highest BCUT2D eigenvalue weighted by Crippen LogP contribution is 2.54. The molecular weight excluding hydrogens is 296 g/mol. The van der Waals surface area contributed by atoms with Crippen molar-refractivity contribution in [2.75, 3.05) is 7.11 Å². The fraction of sp³-hybridized carbons (Fsp3) is 0.667. The van der Waals surface area contributed by atoms with Gasteiger partial charge in [0.15, 0.2) is 12.1 Å². The SMILES string of the molecule is CO[C@@H]1OC2(CC2)[C@@H]2OC(C)(C)O[C@@H]2[C@H]1OCc1ccccc1. The predicted molar refractivity (Wildman–Crippen MR) is 82.7 cm³/mol. The number of rotatable bonds is 4. The molecule has 2 aliphatic heterocycles. The lowest BCUT2D eigenvalue weighted by molar-refractivity contribution is -0.291. The molecule has 4 rings (SSSR count). The van der Waals surface area contributed by atoms with Gasteiger partial charge >= 0.3 is 0 Å². The van der Waals surface area contributed by atoms with Gasteiger partial charge in [0.1, 0.15) is 23.9 Å². The second kappa shape index (κ2) is 5.53. The van der Waals surface area contributed by atoms with E-state index in [1.54, 1.807) is 7.11 Å². The third kappa shape index (κ3) is 2.81. The predicted octanol–water partition coefficient (Wildman–Crippen LogP) is 2.63. The number of hydrogen-bond donors (Lipinski definition) is 0. The van der Waals surface area contributed by atoms with Gasteiger partial charge in [-0.05, 0) is 32.3 Å². The van der Waals surface area contributed by atoms with Crippen molar-refractivity contribution < 1.29 is 23.7 Å². The molecule has 1 aromatic rings. The third-order valence-corrected chi connectivity index (χ3v) is 4.85. The summed E-state index contributed by atoms with van der Waals surface area (Å²) < 4.78 is 30.2. The van der Waals surface area contributed by atoms with Crippen LogP contribution < -0.4 is 0 Å². The Morgan fingerprint density at radius 1 is 1.09 bits per heavy atom. The lowest BCUT2D eigenvalue weighted by Gasteiger charge is -2.41. The Labute approximate surface area is 136 Å². The number of fused-ring (bicyclic) bond motifs is 2. The lowest BCUT2D eigenvalue weighted by Crippen LogP contribution is -2.58. The first kappa shape index (κ1) is 15.5. The number of hydrogen-bond acceptors (Lipinski definition) is 5. The lowest BCUT2D eigenvalue weighted by atomic mass is 9.97. The second-order valence-electron chi connectivity index (χ2n) is 7.07. The van der Waals surface area contributed by atoms with E-state index in [9.17, 15) is 0 Å². The molecule has 5 nitrogen and oxygen atoms in total. The molecule has 0 unspecified atom stereocenters. The average Bonchev–Trinajstić information content (AvgIpc) is 3.23. The molecule has 0 amide bonds. The van der Waals surface area contributed by atoms with Crippen molar-refractivity contribution in [3.8, 4) is 0 Å². The summed E-state index contributed by atoms with van der Waals surface area (Å²) in [7, 11) is 1.65. The van der Waals surface area contributed by atoms with Crippen molar-refractivity contribution in [1.82, 2.24) is 0 Å². The highest BCUT2D eigenvalue weighted by Gasteiger charge is 2.67. The molecule has 1 aliphatic carbocycles. The van der Waals surface area contributed by atoms with Crippen LogP contribution in [0.25, 0.3) is 0 Å². The van der Waals surface area contributed by atoms with Gasteiger partial charge in [-0.2, -0.15) is 0 Å². The van der Waals surface area contributed by atoms with Crippen LogP contribution in [0.4, 0.5) is 0 Å². The van der Waals surface area contributed by atoms with Crippen LogP contribution in [-0.2, 0) is 30.3 Å². The van der Waals surface area contributed by atoms with Gasteiger partial charge in [0, 0.05) is 7.11 Å². The molecule has 1 spiro atoms. The molecule has 0 aromatic heterocycles. The zero-order valence-electron chi connectivity index (χ0n) is 13.9. The molecule has 0 radical (unpaired) electrons. The van der Waals surface area contributed by atoms with Gasteiger partial charge in [-0.3, -0.25) is 0 Å². The van der Waals surface area contributed by atoms with Crippen molar-refractivity contribution in [3.63, 3.8) is 0 Å². The summed E-state index contributed by atoms with van der Waals surface area (Å²) in [5.41, 5.74) is 0.856. The molecule has 0 N–H and O–H groups in total. The minimum absolute atomic E-state index is 0.0929. The van der Waals surface area contributed by atoms with Crippen LogP contribution in [0, 0.1) is 0 Å². The summed E-state index contributed by atoms with van der Waals surface area (Å²) in [4.78, 5) is 0. The van der Waals surface area contributed by atoms with Crippen LogP contribution >= 0.6 is 0 Å². The van der Waals surface area contributed by atoms with Gasteiger partial charge in [0.05, 0.1) is 6.61 Å². The van der Waals surface area contributed by atoms with Crippen molar-refractivity contribution in [1.29, 1.82) is 0 Å². The standard InChI is InChI=1S/C18H24O5/c1-17(2)21-13-14(20-11-12-7-5-4-6-8-12)16(19-3)23-18(9-10-18)15(13)22-17/h4-8,13-16H,9-11H2,1-3H3/t13-,14-,15-,16-/m1/s1. The first-order chi connectivity index (χ1) is 11.0. The highest BCUT2D eigenvalue weighted by molar-refractivity contribution is 5.15. The van der Waals surface area contributed by atoms with E-state index in [2.05, 4.69) is 0 Å². The quantitative estimate of drug-likeness (QED) is 0.853. The van der Waals surface area contributed by atoms with Gasteiger partial charge in [0.2, 0.25) is 0 Å². The van der Waals surface area contributed by atoms with Crippen LogP contribution in [0.2, 0.25) is 0 Å². The molecule has 126 valence electrons. The molecule has 1 saturated carbocycles. The molecule has 4 atom stereocenters. The normalized spacial score (nSPS) is 36.8. The van der Waals surface area contributed by atoms with E-state index in [0.29, 0.717) is 6.61 Å². The minimum Gasteiger partial charge on any atom is -0.365 e. The van der Waals surface area contributed by atoms with Crippen LogP contribution in [0.5, 0.6) is 0 Å². The molecule has 5 heteroatoms. The highest BCUT2D eigenvalue weighted by atomic mass is 16.8. The fourth-order valence-corrected chi connectivity index (χ4v) is 3.60. The Kier molecular flexibility index (Phi) is 3.74. The average molecular weight is 320 g/mol. The smallest absolute Gasteiger partial charge is 0.186 e. The Hall–Kier alpha value is -0.980. The molecule has 3 aliphatic rings. The number of benzene rings is 1. The fourth-order valence-electron chi connectivity index (χ4n) is 3.60. The maximum Gasteiger partial charge on any atom is 0.186 e. The van der Waals surface area contributed by atoms with E-state index < -0.39 is 12.1 Å². The Balaban J connectivity index is 1.54. The monoisotopic (exact) mass is 320 g/mol. The van der Waals surface area contributed by atoms with Crippen LogP contribution in [-0.4, -0.2) is 43.1 Å². The molecular formula is C18H24O5. The van der Waals surface area contributed by atoms with E-state index in [1.807, 2.05) is 44.2 Å². The molecule has 3 fully saturated rings. The van der Waals surface area contributed by atoms with E-state index in [0.717, 1.165) is 18.4 Å². The van der Waals surface area contributed by atoms with Gasteiger partial charge in [-0.15, -0.1) is 0 Å². The van der Waals surface area contributed by atoms with Crippen molar-refractivity contribution in [2.45, 2.75) is 69.3 Å². The first-order valence-corrected chi connectivity index (χ1v) is 8.25. The van der Waals surface area contributed by atoms with Crippen molar-refractivity contribution in [2.24, 2.45) is 0 Å². The number of ether oxygens (including phenoxy) is 5. The zero-order chi connectivity index (χ0) is 16.1. The number of methoxy groups -OCH3 is 1. The zero-order valence-corrected chi connectivity index (χ0v) is 13.9. The van der Waals surface area contributed by atoms with E-state index in [1.165, 1.54) is 0 Å². The van der Waals surface area contributed by atoms with E-state index in [-0.39, 0.29) is 23.9 Å². The van der Waals surface area contributed by atoms with Gasteiger partial charge < -0.3 is 23.7 Å². The molecule has 2 saturated heterocycles. The van der Waals surface area contributed by atoms with E-state index in [4.69, 9.17) is 23.7 Å².